The van der Waals surface area contributed by atoms with Crippen LogP contribution in [0.25, 0.3) is 0 Å². The fourth-order valence-corrected chi connectivity index (χ4v) is 2.32. The highest BCUT2D eigenvalue weighted by Gasteiger charge is 2.17. The van der Waals surface area contributed by atoms with E-state index in [4.69, 9.17) is 4.74 Å². The van der Waals surface area contributed by atoms with E-state index in [1.807, 2.05) is 0 Å². The molecule has 0 heterocycles. The summed E-state index contributed by atoms with van der Waals surface area (Å²) in [5.41, 5.74) is 1.80. The Kier molecular flexibility index (Phi) is 5.39. The number of carbonyl (C=O) groups is 1. The van der Waals surface area contributed by atoms with Crippen LogP contribution in [0.4, 0.5) is 19.3 Å². The summed E-state index contributed by atoms with van der Waals surface area (Å²) in [6, 6.07) is 7.63. The highest BCUT2D eigenvalue weighted by atomic mass is 19.1. The number of amides is 1. The van der Waals surface area contributed by atoms with E-state index in [0.717, 1.165) is 0 Å². The third kappa shape index (κ3) is 3.64. The molecule has 4 nitrogen and oxygen atoms in total. The number of carbonyl (C=O) groups excluding carboxylic acids is 1. The Labute approximate surface area is 140 Å². The summed E-state index contributed by atoms with van der Waals surface area (Å²) >= 11 is 0. The fraction of sp³-hybridized carbons (Fsp3) is 0.278. The minimum Gasteiger partial charge on any atom is -0.410 e. The molecule has 1 N–H and O–H groups in total. The molecule has 0 unspecified atom stereocenters. The molecular weight excluding hydrogens is 314 g/mol. The summed E-state index contributed by atoms with van der Waals surface area (Å²) in [5, 5.41) is 2.90. The van der Waals surface area contributed by atoms with Gasteiger partial charge >= 0.3 is 6.09 Å². The monoisotopic (exact) mass is 334 g/mol. The van der Waals surface area contributed by atoms with Crippen LogP contribution in [0.1, 0.15) is 16.7 Å². The lowest BCUT2D eigenvalue weighted by atomic mass is 10.1. The van der Waals surface area contributed by atoms with Crippen LogP contribution in [0.3, 0.4) is 0 Å². The van der Waals surface area contributed by atoms with Gasteiger partial charge in [0.05, 0.1) is 6.54 Å². The molecule has 2 aromatic rings. The normalized spacial score (nSPS) is 10.4. The molecule has 0 radical (unpaired) electrons. The molecule has 2 rings (SSSR count). The van der Waals surface area contributed by atoms with E-state index in [2.05, 4.69) is 5.32 Å². The van der Waals surface area contributed by atoms with Gasteiger partial charge in [-0.25, -0.2) is 13.6 Å². The predicted molar refractivity (Wildman–Crippen MR) is 89.3 cm³/mol. The molecule has 0 fully saturated rings. The van der Waals surface area contributed by atoms with Crippen molar-refractivity contribution in [2.75, 3.05) is 19.4 Å². The van der Waals surface area contributed by atoms with Crippen molar-refractivity contribution in [3.05, 3.63) is 58.7 Å². The topological polar surface area (TPSA) is 41.6 Å². The van der Waals surface area contributed by atoms with Gasteiger partial charge in [0.25, 0.3) is 0 Å². The summed E-state index contributed by atoms with van der Waals surface area (Å²) in [7, 11) is 3.21. The first kappa shape index (κ1) is 17.7. The fourth-order valence-electron chi connectivity index (χ4n) is 2.32. The van der Waals surface area contributed by atoms with Gasteiger partial charge in [0, 0.05) is 36.5 Å². The molecule has 0 bridgehead atoms. The zero-order valence-electron chi connectivity index (χ0n) is 14.1. The summed E-state index contributed by atoms with van der Waals surface area (Å²) in [4.78, 5) is 13.4. The van der Waals surface area contributed by atoms with Gasteiger partial charge in [-0.15, -0.1) is 0 Å². The van der Waals surface area contributed by atoms with Gasteiger partial charge < -0.3 is 15.0 Å². The molecule has 0 aromatic heterocycles. The third-order valence-electron chi connectivity index (χ3n) is 3.87. The maximum Gasteiger partial charge on any atom is 0.415 e. The molecular formula is C18H20F2N2O2. The SMILES string of the molecule is CNc1ccc(CN(C)C(=O)Oc2cccc(F)c2C)c(F)c1C. The lowest BCUT2D eigenvalue weighted by Crippen LogP contribution is -2.30. The molecule has 0 aliphatic carbocycles. The van der Waals surface area contributed by atoms with Gasteiger partial charge in [-0.2, -0.15) is 0 Å². The van der Waals surface area contributed by atoms with Crippen molar-refractivity contribution < 1.29 is 18.3 Å². The van der Waals surface area contributed by atoms with Crippen molar-refractivity contribution in [3.8, 4) is 5.75 Å². The highest BCUT2D eigenvalue weighted by Crippen LogP contribution is 2.23. The zero-order valence-corrected chi connectivity index (χ0v) is 14.1. The van der Waals surface area contributed by atoms with Gasteiger partial charge in [0.1, 0.15) is 17.4 Å². The largest absolute Gasteiger partial charge is 0.415 e. The second-order valence-corrected chi connectivity index (χ2v) is 5.55. The molecule has 6 heteroatoms. The van der Waals surface area contributed by atoms with E-state index in [1.165, 1.54) is 37.1 Å². The summed E-state index contributed by atoms with van der Waals surface area (Å²) in [6.07, 6.45) is -0.682. The number of nitrogens with one attached hydrogen (secondary N) is 1. The number of benzene rings is 2. The average Bonchev–Trinajstić information content (AvgIpc) is 2.56. The van der Waals surface area contributed by atoms with E-state index in [9.17, 15) is 13.6 Å². The first-order valence-corrected chi connectivity index (χ1v) is 7.49. The number of halogens is 2. The predicted octanol–water partition coefficient (Wildman–Crippen LogP) is 4.25. The van der Waals surface area contributed by atoms with Gasteiger partial charge in [-0.1, -0.05) is 12.1 Å². The van der Waals surface area contributed by atoms with Crippen LogP contribution >= 0.6 is 0 Å². The van der Waals surface area contributed by atoms with Gasteiger partial charge in [0.15, 0.2) is 0 Å². The van der Waals surface area contributed by atoms with Crippen molar-refractivity contribution in [2.45, 2.75) is 20.4 Å². The molecule has 128 valence electrons. The maximum absolute atomic E-state index is 14.3. The molecule has 24 heavy (non-hydrogen) atoms. The molecule has 1 amide bonds. The Morgan fingerprint density at radius 1 is 1.17 bits per heavy atom. The molecule has 0 aliphatic rings. The number of ether oxygens (including phenoxy) is 1. The van der Waals surface area contributed by atoms with E-state index in [0.29, 0.717) is 16.8 Å². The van der Waals surface area contributed by atoms with Crippen LogP contribution in [0.5, 0.6) is 5.75 Å². The van der Waals surface area contributed by atoms with Crippen molar-refractivity contribution in [1.82, 2.24) is 4.90 Å². The second-order valence-electron chi connectivity index (χ2n) is 5.55. The van der Waals surface area contributed by atoms with Crippen LogP contribution in [-0.4, -0.2) is 25.1 Å². The summed E-state index contributed by atoms with van der Waals surface area (Å²) in [5.74, 6) is -0.676. The molecule has 0 aliphatic heterocycles. The van der Waals surface area contributed by atoms with Gasteiger partial charge in [-0.3, -0.25) is 0 Å². The molecule has 0 saturated carbocycles. The van der Waals surface area contributed by atoms with Crippen LogP contribution in [0.2, 0.25) is 0 Å². The molecule has 0 saturated heterocycles. The van der Waals surface area contributed by atoms with Crippen LogP contribution in [0, 0.1) is 25.5 Å². The zero-order chi connectivity index (χ0) is 17.9. The molecule has 0 atom stereocenters. The number of anilines is 1. The smallest absolute Gasteiger partial charge is 0.410 e. The van der Waals surface area contributed by atoms with Crippen molar-refractivity contribution >= 4 is 11.8 Å². The number of nitrogens with zero attached hydrogens (tertiary/aromatic N) is 1. The maximum atomic E-state index is 14.3. The average molecular weight is 334 g/mol. The van der Waals surface area contributed by atoms with Crippen molar-refractivity contribution in [1.29, 1.82) is 0 Å². The van der Waals surface area contributed by atoms with E-state index in [1.54, 1.807) is 26.1 Å². The van der Waals surface area contributed by atoms with Crippen LogP contribution < -0.4 is 10.1 Å². The second kappa shape index (κ2) is 7.29. The minimum atomic E-state index is -0.682. The number of hydrogen-bond donors (Lipinski definition) is 1. The number of hydrogen-bond acceptors (Lipinski definition) is 3. The highest BCUT2D eigenvalue weighted by molar-refractivity contribution is 5.71. The first-order valence-electron chi connectivity index (χ1n) is 7.49. The first-order chi connectivity index (χ1) is 11.3. The lowest BCUT2D eigenvalue weighted by molar-refractivity contribution is 0.160. The molecule has 2 aromatic carbocycles. The Morgan fingerprint density at radius 2 is 1.88 bits per heavy atom. The quantitative estimate of drug-likeness (QED) is 0.908. The van der Waals surface area contributed by atoms with Crippen molar-refractivity contribution in [3.63, 3.8) is 0 Å². The van der Waals surface area contributed by atoms with Gasteiger partial charge in [0.2, 0.25) is 0 Å². The standard InChI is InChI=1S/C18H20F2N2O2/c1-11-14(19)6-5-7-16(11)24-18(23)22(4)10-13-8-9-15(21-3)12(2)17(13)20/h5-9,21H,10H2,1-4H3. The van der Waals surface area contributed by atoms with Crippen LogP contribution in [0.15, 0.2) is 30.3 Å². The van der Waals surface area contributed by atoms with Crippen LogP contribution in [-0.2, 0) is 6.54 Å². The third-order valence-corrected chi connectivity index (χ3v) is 3.87. The Balaban J connectivity index is 2.12. The molecule has 0 spiro atoms. The number of rotatable bonds is 4. The van der Waals surface area contributed by atoms with E-state index < -0.39 is 11.9 Å². The lowest BCUT2D eigenvalue weighted by Gasteiger charge is -2.19. The van der Waals surface area contributed by atoms with Gasteiger partial charge in [-0.05, 0) is 32.0 Å². The Hall–Kier alpha value is -2.63. The van der Waals surface area contributed by atoms with E-state index >= 15 is 0 Å². The van der Waals surface area contributed by atoms with Crippen molar-refractivity contribution in [2.24, 2.45) is 0 Å². The Bertz CT molecular complexity index is 763. The summed E-state index contributed by atoms with van der Waals surface area (Å²) < 4.78 is 33.0. The van der Waals surface area contributed by atoms with E-state index in [-0.39, 0.29) is 23.7 Å². The summed E-state index contributed by atoms with van der Waals surface area (Å²) in [6.45, 7) is 3.24. The minimum absolute atomic E-state index is 0.0455. The Morgan fingerprint density at radius 3 is 2.54 bits per heavy atom.